The lowest BCUT2D eigenvalue weighted by Gasteiger charge is -2.65. The van der Waals surface area contributed by atoms with Crippen molar-refractivity contribution in [2.45, 2.75) is 89.4 Å². The number of fused-ring (bicyclic) bond motifs is 5. The number of hydrogen-bond acceptors (Lipinski definition) is 3. The normalized spacial score (nSPS) is 61.2. The number of aliphatic hydroxyl groups is 3. The molecule has 3 heteroatoms. The molecule has 0 aromatic heterocycles. The van der Waals surface area contributed by atoms with E-state index in [1.165, 1.54) is 32.1 Å². The van der Waals surface area contributed by atoms with E-state index in [1.807, 2.05) is 0 Å². The van der Waals surface area contributed by atoms with Crippen molar-refractivity contribution in [3.63, 3.8) is 0 Å². The second kappa shape index (κ2) is 4.70. The van der Waals surface area contributed by atoms with Crippen molar-refractivity contribution in [3.8, 4) is 0 Å². The topological polar surface area (TPSA) is 60.7 Å². The minimum Gasteiger partial charge on any atom is -0.393 e. The fourth-order valence-corrected chi connectivity index (χ4v) is 7.25. The van der Waals surface area contributed by atoms with E-state index in [2.05, 4.69) is 13.8 Å². The quantitative estimate of drug-likeness (QED) is 0.645. The van der Waals surface area contributed by atoms with Gasteiger partial charge >= 0.3 is 0 Å². The maximum absolute atomic E-state index is 11.3. The second-order valence-corrected chi connectivity index (χ2v) is 9.45. The van der Waals surface area contributed by atoms with Gasteiger partial charge in [-0.2, -0.15) is 0 Å². The minimum absolute atomic E-state index is 0.224. The van der Waals surface area contributed by atoms with Gasteiger partial charge in [0.2, 0.25) is 0 Å². The Morgan fingerprint density at radius 2 is 1.68 bits per heavy atom. The molecule has 4 rings (SSSR count). The summed E-state index contributed by atoms with van der Waals surface area (Å²) >= 11 is 0. The van der Waals surface area contributed by atoms with Gasteiger partial charge in [-0.3, -0.25) is 0 Å². The van der Waals surface area contributed by atoms with Gasteiger partial charge in [0.15, 0.2) is 0 Å². The molecule has 3 N–H and O–H groups in total. The minimum atomic E-state index is -1.09. The van der Waals surface area contributed by atoms with Crippen LogP contribution in [0, 0.1) is 28.6 Å². The maximum Gasteiger partial charge on any atom is 0.0985 e. The smallest absolute Gasteiger partial charge is 0.0985 e. The molecule has 0 bridgehead atoms. The van der Waals surface area contributed by atoms with E-state index in [-0.39, 0.29) is 5.41 Å². The van der Waals surface area contributed by atoms with Gasteiger partial charge in [0, 0.05) is 11.8 Å². The first-order valence-corrected chi connectivity index (χ1v) is 9.39. The van der Waals surface area contributed by atoms with Gasteiger partial charge in [0.1, 0.15) is 0 Å². The predicted octanol–water partition coefficient (Wildman–Crippen LogP) is 2.87. The first-order chi connectivity index (χ1) is 10.3. The van der Waals surface area contributed by atoms with E-state index < -0.39 is 17.8 Å². The molecule has 0 radical (unpaired) electrons. The molecule has 0 aromatic rings. The molecule has 0 saturated heterocycles. The highest BCUT2D eigenvalue weighted by atomic mass is 16.3. The summed E-state index contributed by atoms with van der Waals surface area (Å²) in [4.78, 5) is 0. The van der Waals surface area contributed by atoms with Crippen LogP contribution in [0.2, 0.25) is 0 Å². The monoisotopic (exact) mass is 308 g/mol. The standard InChI is InChI=1S/C19H32O3/c1-17-7-3-4-14(17)13-10-16(21)19(22)11-12(20)5-9-18(19,2)15(13)6-8-17/h12-16,20-22H,3-11H2,1-2H3/t12-,13?,14?,15?,16+,17-,18+,19-/m0/s1. The lowest BCUT2D eigenvalue weighted by Crippen LogP contribution is -2.68. The van der Waals surface area contributed by atoms with Crippen molar-refractivity contribution in [2.24, 2.45) is 28.6 Å². The van der Waals surface area contributed by atoms with Gasteiger partial charge < -0.3 is 15.3 Å². The van der Waals surface area contributed by atoms with E-state index in [0.717, 1.165) is 25.2 Å². The Hall–Kier alpha value is -0.120. The SMILES string of the molecule is C[C@@]12CCCC1C1C[C@@H](O)[C@@]3(O)C[C@@H](O)CC[C@]3(C)C1CC2. The summed E-state index contributed by atoms with van der Waals surface area (Å²) in [5.74, 6) is 1.82. The van der Waals surface area contributed by atoms with Crippen LogP contribution in [-0.4, -0.2) is 33.1 Å². The maximum atomic E-state index is 11.3. The van der Waals surface area contributed by atoms with Gasteiger partial charge in [-0.25, -0.2) is 0 Å². The molecule has 0 spiro atoms. The third-order valence-corrected chi connectivity index (χ3v) is 8.62. The zero-order valence-electron chi connectivity index (χ0n) is 14.1. The zero-order valence-corrected chi connectivity index (χ0v) is 14.1. The highest BCUT2D eigenvalue weighted by Crippen LogP contribution is 2.67. The van der Waals surface area contributed by atoms with Crippen LogP contribution >= 0.6 is 0 Å². The first-order valence-electron chi connectivity index (χ1n) is 9.39. The van der Waals surface area contributed by atoms with Crippen molar-refractivity contribution in [1.82, 2.24) is 0 Å². The molecule has 22 heavy (non-hydrogen) atoms. The van der Waals surface area contributed by atoms with Crippen LogP contribution in [-0.2, 0) is 0 Å². The summed E-state index contributed by atoms with van der Waals surface area (Å²) in [7, 11) is 0. The average molecular weight is 308 g/mol. The van der Waals surface area contributed by atoms with Crippen LogP contribution in [0.1, 0.15) is 71.6 Å². The summed E-state index contributed by atoms with van der Waals surface area (Å²) in [6.45, 7) is 4.66. The third kappa shape index (κ3) is 1.79. The predicted molar refractivity (Wildman–Crippen MR) is 85.2 cm³/mol. The van der Waals surface area contributed by atoms with Crippen LogP contribution in [0.25, 0.3) is 0 Å². The molecule has 3 nitrogen and oxygen atoms in total. The molecule has 0 aromatic carbocycles. The molecule has 0 amide bonds. The van der Waals surface area contributed by atoms with Crippen LogP contribution in [0.4, 0.5) is 0 Å². The highest BCUT2D eigenvalue weighted by molar-refractivity contribution is 5.16. The zero-order chi connectivity index (χ0) is 15.8. The van der Waals surface area contributed by atoms with Gasteiger partial charge in [-0.1, -0.05) is 20.3 Å². The fraction of sp³-hybridized carbons (Fsp3) is 1.00. The Morgan fingerprint density at radius 1 is 0.909 bits per heavy atom. The van der Waals surface area contributed by atoms with E-state index >= 15 is 0 Å². The summed E-state index contributed by atoms with van der Waals surface area (Å²) in [5, 5.41) is 32.2. The molecule has 4 aliphatic rings. The molecular weight excluding hydrogens is 276 g/mol. The average Bonchev–Trinajstić information content (AvgIpc) is 2.84. The fourth-order valence-electron chi connectivity index (χ4n) is 7.25. The number of hydrogen-bond donors (Lipinski definition) is 3. The van der Waals surface area contributed by atoms with E-state index in [1.54, 1.807) is 0 Å². The Labute approximate surface area is 134 Å². The summed E-state index contributed by atoms with van der Waals surface area (Å²) in [6, 6.07) is 0. The second-order valence-electron chi connectivity index (χ2n) is 9.45. The van der Waals surface area contributed by atoms with Crippen LogP contribution < -0.4 is 0 Å². The Bertz CT molecular complexity index is 466. The van der Waals surface area contributed by atoms with Crippen molar-refractivity contribution in [1.29, 1.82) is 0 Å². The molecule has 0 heterocycles. The Kier molecular flexibility index (Phi) is 3.30. The molecular formula is C19H32O3. The molecule has 8 atom stereocenters. The molecule has 4 saturated carbocycles. The van der Waals surface area contributed by atoms with E-state index in [4.69, 9.17) is 0 Å². The Morgan fingerprint density at radius 3 is 2.45 bits per heavy atom. The molecule has 126 valence electrons. The van der Waals surface area contributed by atoms with Gasteiger partial charge in [-0.15, -0.1) is 0 Å². The van der Waals surface area contributed by atoms with Gasteiger partial charge in [-0.05, 0) is 68.1 Å². The highest BCUT2D eigenvalue weighted by Gasteiger charge is 2.66. The number of rotatable bonds is 0. The van der Waals surface area contributed by atoms with E-state index in [0.29, 0.717) is 23.7 Å². The summed E-state index contributed by atoms with van der Waals surface area (Å²) in [6.07, 6.45) is 8.06. The third-order valence-electron chi connectivity index (χ3n) is 8.62. The van der Waals surface area contributed by atoms with Gasteiger partial charge in [0.05, 0.1) is 17.8 Å². The summed E-state index contributed by atoms with van der Waals surface area (Å²) in [5.41, 5.74) is -0.836. The molecule has 4 aliphatic carbocycles. The van der Waals surface area contributed by atoms with Crippen molar-refractivity contribution in [2.75, 3.05) is 0 Å². The largest absolute Gasteiger partial charge is 0.393 e. The first kappa shape index (κ1) is 15.4. The lowest BCUT2D eigenvalue weighted by atomic mass is 9.43. The number of aliphatic hydroxyl groups excluding tert-OH is 2. The van der Waals surface area contributed by atoms with Crippen LogP contribution in [0.3, 0.4) is 0 Å². The van der Waals surface area contributed by atoms with Crippen molar-refractivity contribution < 1.29 is 15.3 Å². The van der Waals surface area contributed by atoms with Crippen LogP contribution in [0.15, 0.2) is 0 Å². The molecule has 0 aliphatic heterocycles. The van der Waals surface area contributed by atoms with Crippen molar-refractivity contribution in [3.05, 3.63) is 0 Å². The molecule has 3 unspecified atom stereocenters. The lowest BCUT2D eigenvalue weighted by molar-refractivity contribution is -0.263. The van der Waals surface area contributed by atoms with Crippen molar-refractivity contribution >= 4 is 0 Å². The Balaban J connectivity index is 1.71. The van der Waals surface area contributed by atoms with E-state index in [9.17, 15) is 15.3 Å². The van der Waals surface area contributed by atoms with Crippen LogP contribution in [0.5, 0.6) is 0 Å². The van der Waals surface area contributed by atoms with Gasteiger partial charge in [0.25, 0.3) is 0 Å². The molecule has 4 fully saturated rings. The summed E-state index contributed by atoms with van der Waals surface area (Å²) < 4.78 is 0.